The predicted octanol–water partition coefficient (Wildman–Crippen LogP) is 4.59. The van der Waals surface area contributed by atoms with E-state index >= 15 is 0 Å². The van der Waals surface area contributed by atoms with Crippen LogP contribution in [0.1, 0.15) is 29.0 Å². The summed E-state index contributed by atoms with van der Waals surface area (Å²) in [6.07, 6.45) is -0.213. The number of rotatable bonds is 8. The molecule has 0 bridgehead atoms. The minimum atomic E-state index is -0.819. The molecule has 3 aromatic rings. The van der Waals surface area contributed by atoms with Crippen LogP contribution in [0, 0.1) is 0 Å². The Morgan fingerprint density at radius 1 is 0.972 bits per heavy atom. The Balaban J connectivity index is 1.23. The van der Waals surface area contributed by atoms with Crippen molar-refractivity contribution < 1.29 is 19.2 Å². The summed E-state index contributed by atoms with van der Waals surface area (Å²) in [6, 6.07) is 25.0. The van der Waals surface area contributed by atoms with Crippen LogP contribution in [0.3, 0.4) is 0 Å². The number of carbonyl (C=O) groups excluding carboxylic acids is 2. The molecule has 1 unspecified atom stereocenters. The second-order valence-electron chi connectivity index (χ2n) is 8.86. The molecular weight excluding hydrogens is 478 g/mol. The molecule has 0 aromatic heterocycles. The van der Waals surface area contributed by atoms with Crippen LogP contribution in [-0.2, 0) is 20.8 Å². The molecule has 2 atom stereocenters. The molecule has 1 aliphatic heterocycles. The molecule has 184 valence electrons. The largest absolute Gasteiger partial charge is 0.449 e. The van der Waals surface area contributed by atoms with Crippen molar-refractivity contribution in [3.63, 3.8) is 0 Å². The summed E-state index contributed by atoms with van der Waals surface area (Å²) >= 11 is 5.85. The van der Waals surface area contributed by atoms with E-state index in [0.717, 1.165) is 27.8 Å². The van der Waals surface area contributed by atoms with Crippen LogP contribution in [0.25, 0.3) is 11.1 Å². The summed E-state index contributed by atoms with van der Waals surface area (Å²) < 4.78 is 5.66. The van der Waals surface area contributed by atoms with E-state index < -0.39 is 12.1 Å². The first kappa shape index (κ1) is 23.9. The lowest BCUT2D eigenvalue weighted by Gasteiger charge is -2.20. The Bertz CT molecular complexity index is 1240. The third-order valence-corrected chi connectivity index (χ3v) is 6.66. The Morgan fingerprint density at radius 2 is 1.61 bits per heavy atom. The van der Waals surface area contributed by atoms with Gasteiger partial charge < -0.3 is 20.2 Å². The van der Waals surface area contributed by atoms with Crippen molar-refractivity contribution in [1.82, 2.24) is 10.6 Å². The molecule has 36 heavy (non-hydrogen) atoms. The van der Waals surface area contributed by atoms with Gasteiger partial charge in [-0.2, -0.15) is 0 Å². The van der Waals surface area contributed by atoms with Crippen LogP contribution >= 0.6 is 11.6 Å². The number of oxime groups is 1. The lowest BCUT2D eigenvalue weighted by molar-refractivity contribution is -0.123. The number of hydrogen-bond acceptors (Lipinski definition) is 5. The number of amides is 2. The fraction of sp³-hybridized carbons (Fsp3) is 0.250. The van der Waals surface area contributed by atoms with Gasteiger partial charge in [-0.15, -0.1) is 0 Å². The minimum absolute atomic E-state index is 0.0613. The molecule has 0 saturated heterocycles. The van der Waals surface area contributed by atoms with E-state index in [-0.39, 0.29) is 31.1 Å². The van der Waals surface area contributed by atoms with Crippen molar-refractivity contribution in [3.05, 3.63) is 95.6 Å². The highest BCUT2D eigenvalue weighted by molar-refractivity contribution is 6.65. The van der Waals surface area contributed by atoms with Gasteiger partial charge >= 0.3 is 6.09 Å². The quantitative estimate of drug-likeness (QED) is 0.470. The average molecular weight is 504 g/mol. The van der Waals surface area contributed by atoms with Crippen LogP contribution in [0.15, 0.2) is 84.0 Å². The van der Waals surface area contributed by atoms with Crippen LogP contribution in [0.5, 0.6) is 0 Å². The van der Waals surface area contributed by atoms with E-state index in [0.29, 0.717) is 18.0 Å². The number of benzene rings is 3. The van der Waals surface area contributed by atoms with E-state index in [2.05, 4.69) is 40.1 Å². The van der Waals surface area contributed by atoms with Gasteiger partial charge in [0.1, 0.15) is 17.8 Å². The van der Waals surface area contributed by atoms with Gasteiger partial charge in [-0.3, -0.25) is 4.79 Å². The lowest BCUT2D eigenvalue weighted by atomic mass is 9.98. The summed E-state index contributed by atoms with van der Waals surface area (Å²) in [5.41, 5.74) is 5.48. The molecule has 3 aromatic carbocycles. The summed E-state index contributed by atoms with van der Waals surface area (Å²) in [4.78, 5) is 31.0. The normalized spacial score (nSPS) is 16.8. The van der Waals surface area contributed by atoms with E-state index in [1.807, 2.05) is 54.6 Å². The maximum absolute atomic E-state index is 13.0. The van der Waals surface area contributed by atoms with Crippen LogP contribution < -0.4 is 10.6 Å². The fourth-order valence-corrected chi connectivity index (χ4v) is 4.89. The van der Waals surface area contributed by atoms with Gasteiger partial charge in [0.2, 0.25) is 5.91 Å². The maximum Gasteiger partial charge on any atom is 0.407 e. The second-order valence-corrected chi connectivity index (χ2v) is 9.29. The molecule has 5 rings (SSSR count). The Kier molecular flexibility index (Phi) is 7.18. The molecular formula is C28H26ClN3O4. The highest BCUT2D eigenvalue weighted by Crippen LogP contribution is 2.44. The average Bonchev–Trinajstić information content (AvgIpc) is 3.47. The van der Waals surface area contributed by atoms with Gasteiger partial charge in [0.25, 0.3) is 0 Å². The SMILES string of the molecule is O=C(N[C@@H](Cc1ccccc1)C(=O)NCC1CC(Cl)=NO1)OCC1c2ccccc2-c2ccccc21. The van der Waals surface area contributed by atoms with E-state index in [1.165, 1.54) is 0 Å². The lowest BCUT2D eigenvalue weighted by Crippen LogP contribution is -2.49. The summed E-state index contributed by atoms with van der Waals surface area (Å²) in [7, 11) is 0. The number of nitrogens with one attached hydrogen (secondary N) is 2. The van der Waals surface area contributed by atoms with Crippen LogP contribution in [0.2, 0.25) is 0 Å². The smallest absolute Gasteiger partial charge is 0.407 e. The zero-order valence-corrected chi connectivity index (χ0v) is 20.3. The molecule has 0 spiro atoms. The zero-order chi connectivity index (χ0) is 24.9. The topological polar surface area (TPSA) is 89.0 Å². The Morgan fingerprint density at radius 3 is 2.25 bits per heavy atom. The monoisotopic (exact) mass is 503 g/mol. The van der Waals surface area contributed by atoms with Gasteiger partial charge in [0.15, 0.2) is 6.10 Å². The third kappa shape index (κ3) is 5.36. The van der Waals surface area contributed by atoms with Crippen molar-refractivity contribution in [2.45, 2.75) is 30.9 Å². The molecule has 7 nitrogen and oxygen atoms in total. The number of fused-ring (bicyclic) bond motifs is 3. The van der Waals surface area contributed by atoms with Crippen molar-refractivity contribution in [3.8, 4) is 11.1 Å². The maximum atomic E-state index is 13.0. The van der Waals surface area contributed by atoms with E-state index in [4.69, 9.17) is 21.2 Å². The van der Waals surface area contributed by atoms with Crippen molar-refractivity contribution in [1.29, 1.82) is 0 Å². The van der Waals surface area contributed by atoms with Gasteiger partial charge in [0, 0.05) is 18.8 Å². The van der Waals surface area contributed by atoms with Gasteiger partial charge in [0.05, 0.1) is 6.54 Å². The number of halogens is 1. The van der Waals surface area contributed by atoms with Crippen molar-refractivity contribution in [2.75, 3.05) is 13.2 Å². The van der Waals surface area contributed by atoms with E-state index in [1.54, 1.807) is 0 Å². The van der Waals surface area contributed by atoms with Crippen LogP contribution in [0.4, 0.5) is 4.79 Å². The number of nitrogens with zero attached hydrogens (tertiary/aromatic N) is 1. The fourth-order valence-electron chi connectivity index (χ4n) is 4.68. The number of ether oxygens (including phenoxy) is 1. The molecule has 2 N–H and O–H groups in total. The summed E-state index contributed by atoms with van der Waals surface area (Å²) in [6.45, 7) is 0.404. The minimum Gasteiger partial charge on any atom is -0.449 e. The standard InChI is InChI=1S/C28H26ClN3O4/c29-26-15-19(36-32-26)16-30-27(33)25(14-18-8-2-1-3-9-18)31-28(34)35-17-24-22-12-6-4-10-20(22)21-11-5-7-13-23(21)24/h1-13,19,24-25H,14-17H2,(H,30,33)(H,31,34)/t19?,25-/m0/s1. The van der Waals surface area contributed by atoms with Gasteiger partial charge in [-0.25, -0.2) is 4.79 Å². The number of alkyl carbamates (subject to hydrolysis) is 1. The first-order valence-electron chi connectivity index (χ1n) is 11.9. The number of hydrogen-bond donors (Lipinski definition) is 2. The van der Waals surface area contributed by atoms with Gasteiger partial charge in [-0.05, 0) is 27.8 Å². The van der Waals surface area contributed by atoms with Gasteiger partial charge in [-0.1, -0.05) is 95.6 Å². The molecule has 8 heteroatoms. The molecule has 1 heterocycles. The van der Waals surface area contributed by atoms with Crippen LogP contribution in [-0.4, -0.2) is 42.5 Å². The first-order chi connectivity index (χ1) is 17.6. The molecule has 2 aliphatic rings. The molecule has 0 radical (unpaired) electrons. The first-order valence-corrected chi connectivity index (χ1v) is 12.3. The second kappa shape index (κ2) is 10.8. The van der Waals surface area contributed by atoms with Crippen molar-refractivity contribution in [2.24, 2.45) is 5.16 Å². The molecule has 0 saturated carbocycles. The number of carbonyl (C=O) groups is 2. The molecule has 0 fully saturated rings. The van der Waals surface area contributed by atoms with Crippen molar-refractivity contribution >= 4 is 28.8 Å². The highest BCUT2D eigenvalue weighted by atomic mass is 35.5. The summed E-state index contributed by atoms with van der Waals surface area (Å²) in [5, 5.41) is 9.64. The predicted molar refractivity (Wildman–Crippen MR) is 138 cm³/mol. The Labute approximate surface area is 214 Å². The third-order valence-electron chi connectivity index (χ3n) is 6.44. The van der Waals surface area contributed by atoms with E-state index in [9.17, 15) is 9.59 Å². The molecule has 1 aliphatic carbocycles. The Hall–Kier alpha value is -3.84. The zero-order valence-electron chi connectivity index (χ0n) is 19.5. The molecule has 2 amide bonds. The summed E-state index contributed by atoms with van der Waals surface area (Å²) in [5.74, 6) is -0.396. The highest BCUT2D eigenvalue weighted by Gasteiger charge is 2.30.